The van der Waals surface area contributed by atoms with Gasteiger partial charge in [-0.2, -0.15) is 13.9 Å². The van der Waals surface area contributed by atoms with Crippen molar-refractivity contribution in [2.24, 2.45) is 5.92 Å². The predicted octanol–water partition coefficient (Wildman–Crippen LogP) is 3.04. The SMILES string of the molecule is Cc1nn(C(F)F)cc1NCCC(C)C. The number of aryl methyl sites for hydroxylation is 1. The van der Waals surface area contributed by atoms with Gasteiger partial charge in [0.15, 0.2) is 0 Å². The van der Waals surface area contributed by atoms with Gasteiger partial charge in [0.1, 0.15) is 0 Å². The van der Waals surface area contributed by atoms with Crippen LogP contribution < -0.4 is 5.32 Å². The number of nitrogens with zero attached hydrogens (tertiary/aromatic N) is 2. The molecule has 0 radical (unpaired) electrons. The summed E-state index contributed by atoms with van der Waals surface area (Å²) in [6.45, 7) is 4.18. The Morgan fingerprint density at radius 1 is 1.47 bits per heavy atom. The van der Waals surface area contributed by atoms with E-state index in [9.17, 15) is 8.78 Å². The molecule has 1 rings (SSSR count). The third kappa shape index (κ3) is 3.49. The van der Waals surface area contributed by atoms with Gasteiger partial charge in [-0.3, -0.25) is 0 Å². The third-order valence-corrected chi connectivity index (χ3v) is 2.15. The Bertz CT molecular complexity index is 308. The van der Waals surface area contributed by atoms with E-state index in [0.29, 0.717) is 22.0 Å². The molecular weight excluding hydrogens is 200 g/mol. The lowest BCUT2D eigenvalue weighted by atomic mass is 10.1. The molecule has 0 aliphatic carbocycles. The van der Waals surface area contributed by atoms with Crippen LogP contribution in [0.1, 0.15) is 32.5 Å². The van der Waals surface area contributed by atoms with Crippen LogP contribution in [0.2, 0.25) is 0 Å². The maximum Gasteiger partial charge on any atom is 0.333 e. The van der Waals surface area contributed by atoms with Crippen molar-refractivity contribution in [3.63, 3.8) is 0 Å². The summed E-state index contributed by atoms with van der Waals surface area (Å²) in [5, 5.41) is 6.81. The fourth-order valence-electron chi connectivity index (χ4n) is 1.25. The molecule has 3 nitrogen and oxygen atoms in total. The molecule has 5 heteroatoms. The van der Waals surface area contributed by atoms with E-state index < -0.39 is 6.55 Å². The van der Waals surface area contributed by atoms with Crippen molar-refractivity contribution in [1.29, 1.82) is 0 Å². The molecular formula is C10H17F2N3. The summed E-state index contributed by atoms with van der Waals surface area (Å²) in [6.07, 6.45) is 2.36. The Morgan fingerprint density at radius 2 is 2.13 bits per heavy atom. The second kappa shape index (κ2) is 5.09. The van der Waals surface area contributed by atoms with Gasteiger partial charge in [-0.1, -0.05) is 13.8 Å². The van der Waals surface area contributed by atoms with Crippen LogP contribution in [0.15, 0.2) is 6.20 Å². The Hall–Kier alpha value is -1.13. The molecule has 0 bridgehead atoms. The van der Waals surface area contributed by atoms with Gasteiger partial charge in [0.2, 0.25) is 0 Å². The average molecular weight is 217 g/mol. The number of hydrogen-bond acceptors (Lipinski definition) is 2. The van der Waals surface area contributed by atoms with Crippen molar-refractivity contribution < 1.29 is 8.78 Å². The van der Waals surface area contributed by atoms with E-state index in [-0.39, 0.29) is 0 Å². The van der Waals surface area contributed by atoms with Crippen LogP contribution in [0, 0.1) is 12.8 Å². The minimum atomic E-state index is -2.57. The molecule has 0 saturated carbocycles. The van der Waals surface area contributed by atoms with E-state index >= 15 is 0 Å². The Morgan fingerprint density at radius 3 is 2.60 bits per heavy atom. The zero-order chi connectivity index (χ0) is 11.4. The van der Waals surface area contributed by atoms with Gasteiger partial charge in [-0.05, 0) is 19.3 Å². The van der Waals surface area contributed by atoms with E-state index in [1.54, 1.807) is 6.92 Å². The van der Waals surface area contributed by atoms with Gasteiger partial charge >= 0.3 is 6.55 Å². The lowest BCUT2D eigenvalue weighted by Crippen LogP contribution is -2.04. The monoisotopic (exact) mass is 217 g/mol. The molecule has 1 heterocycles. The lowest BCUT2D eigenvalue weighted by molar-refractivity contribution is 0.0563. The maximum atomic E-state index is 12.3. The average Bonchev–Trinajstić information content (AvgIpc) is 2.47. The Balaban J connectivity index is 2.53. The molecule has 15 heavy (non-hydrogen) atoms. The second-order valence-corrected chi connectivity index (χ2v) is 4.00. The number of halogens is 2. The zero-order valence-corrected chi connectivity index (χ0v) is 9.30. The van der Waals surface area contributed by atoms with Gasteiger partial charge in [0.25, 0.3) is 0 Å². The maximum absolute atomic E-state index is 12.3. The molecule has 0 aliphatic rings. The summed E-state index contributed by atoms with van der Waals surface area (Å²) < 4.78 is 25.2. The van der Waals surface area contributed by atoms with Gasteiger partial charge in [0.05, 0.1) is 17.6 Å². The Kier molecular flexibility index (Phi) is 4.05. The van der Waals surface area contributed by atoms with Crippen molar-refractivity contribution in [2.45, 2.75) is 33.7 Å². The lowest BCUT2D eigenvalue weighted by Gasteiger charge is -2.06. The fraction of sp³-hybridized carbons (Fsp3) is 0.700. The van der Waals surface area contributed by atoms with E-state index in [1.165, 1.54) is 6.20 Å². The molecule has 1 aromatic rings. The second-order valence-electron chi connectivity index (χ2n) is 4.00. The smallest absolute Gasteiger partial charge is 0.333 e. The number of nitrogens with one attached hydrogen (secondary N) is 1. The van der Waals surface area contributed by atoms with Crippen LogP contribution in [0.4, 0.5) is 14.5 Å². The van der Waals surface area contributed by atoms with Crippen molar-refractivity contribution in [3.05, 3.63) is 11.9 Å². The number of rotatable bonds is 5. The van der Waals surface area contributed by atoms with Gasteiger partial charge in [-0.25, -0.2) is 4.68 Å². The standard InChI is InChI=1S/C10H17F2N3/c1-7(2)4-5-13-9-6-15(10(11)12)14-8(9)3/h6-7,10,13H,4-5H2,1-3H3. The molecule has 0 atom stereocenters. The molecule has 0 aliphatic heterocycles. The molecule has 1 N–H and O–H groups in total. The highest BCUT2D eigenvalue weighted by atomic mass is 19.3. The summed E-state index contributed by atoms with van der Waals surface area (Å²) in [5.74, 6) is 0.600. The largest absolute Gasteiger partial charge is 0.382 e. The minimum Gasteiger partial charge on any atom is -0.382 e. The van der Waals surface area contributed by atoms with Crippen LogP contribution in [0.25, 0.3) is 0 Å². The molecule has 0 saturated heterocycles. The van der Waals surface area contributed by atoms with Crippen molar-refractivity contribution in [3.8, 4) is 0 Å². The number of alkyl halides is 2. The third-order valence-electron chi connectivity index (χ3n) is 2.15. The first-order chi connectivity index (χ1) is 7.00. The molecule has 0 spiro atoms. The first-order valence-corrected chi connectivity index (χ1v) is 5.08. The van der Waals surface area contributed by atoms with Gasteiger partial charge < -0.3 is 5.32 Å². The van der Waals surface area contributed by atoms with Crippen molar-refractivity contribution in [2.75, 3.05) is 11.9 Å². The molecule has 0 unspecified atom stereocenters. The molecule has 1 aromatic heterocycles. The van der Waals surface area contributed by atoms with E-state index in [2.05, 4.69) is 24.3 Å². The molecule has 86 valence electrons. The number of hydrogen-bond donors (Lipinski definition) is 1. The van der Waals surface area contributed by atoms with E-state index in [1.807, 2.05) is 0 Å². The van der Waals surface area contributed by atoms with Crippen LogP contribution >= 0.6 is 0 Å². The van der Waals surface area contributed by atoms with Crippen LogP contribution in [-0.2, 0) is 0 Å². The predicted molar refractivity (Wildman–Crippen MR) is 56.2 cm³/mol. The van der Waals surface area contributed by atoms with E-state index in [4.69, 9.17) is 0 Å². The zero-order valence-electron chi connectivity index (χ0n) is 9.30. The summed E-state index contributed by atoms with van der Waals surface area (Å²) in [7, 11) is 0. The van der Waals surface area contributed by atoms with Crippen LogP contribution in [0.5, 0.6) is 0 Å². The highest BCUT2D eigenvalue weighted by molar-refractivity contribution is 5.45. The Labute approximate surface area is 88.5 Å². The summed E-state index contributed by atoms with van der Waals surface area (Å²) in [5.41, 5.74) is 1.30. The first-order valence-electron chi connectivity index (χ1n) is 5.08. The summed E-state index contributed by atoms with van der Waals surface area (Å²) in [4.78, 5) is 0. The quantitative estimate of drug-likeness (QED) is 0.821. The van der Waals surface area contributed by atoms with E-state index in [0.717, 1.165) is 13.0 Å². The van der Waals surface area contributed by atoms with Crippen LogP contribution in [0.3, 0.4) is 0 Å². The molecule has 0 fully saturated rings. The number of anilines is 1. The summed E-state index contributed by atoms with van der Waals surface area (Å²) >= 11 is 0. The normalized spacial score (nSPS) is 11.4. The van der Waals surface area contributed by atoms with Crippen LogP contribution in [-0.4, -0.2) is 16.3 Å². The topological polar surface area (TPSA) is 29.9 Å². The van der Waals surface area contributed by atoms with Gasteiger partial charge in [-0.15, -0.1) is 0 Å². The fourth-order valence-corrected chi connectivity index (χ4v) is 1.25. The minimum absolute atomic E-state index is 0.600. The summed E-state index contributed by atoms with van der Waals surface area (Å²) in [6, 6.07) is 0. The highest BCUT2D eigenvalue weighted by Crippen LogP contribution is 2.17. The van der Waals surface area contributed by atoms with Crippen molar-refractivity contribution in [1.82, 2.24) is 9.78 Å². The van der Waals surface area contributed by atoms with Crippen molar-refractivity contribution >= 4 is 5.69 Å². The van der Waals surface area contributed by atoms with Gasteiger partial charge in [0, 0.05) is 6.54 Å². The first kappa shape index (κ1) is 11.9. The molecule has 0 amide bonds. The number of aromatic nitrogens is 2. The molecule has 0 aromatic carbocycles. The highest BCUT2D eigenvalue weighted by Gasteiger charge is 2.10.